The number of esters is 1. The Morgan fingerprint density at radius 3 is 2.52 bits per heavy atom. The number of rotatable bonds is 3. The van der Waals surface area contributed by atoms with E-state index in [1.54, 1.807) is 31.2 Å². The van der Waals surface area contributed by atoms with Gasteiger partial charge in [0.2, 0.25) is 0 Å². The Kier molecular flexibility index (Phi) is 4.95. The average molecular weight is 361 g/mol. The topological polar surface area (TPSA) is 82.4 Å². The number of aryl methyl sites for hydroxylation is 1. The zero-order valence-electron chi connectivity index (χ0n) is 15.3. The van der Waals surface area contributed by atoms with Gasteiger partial charge in [0, 0.05) is 5.70 Å². The summed E-state index contributed by atoms with van der Waals surface area (Å²) >= 11 is 0. The van der Waals surface area contributed by atoms with E-state index in [1.807, 2.05) is 31.2 Å². The van der Waals surface area contributed by atoms with Crippen LogP contribution in [0, 0.1) is 18.3 Å². The van der Waals surface area contributed by atoms with Crippen LogP contribution in [0.2, 0.25) is 0 Å². The molecule has 6 nitrogen and oxygen atoms in total. The molecule has 1 atom stereocenters. The van der Waals surface area contributed by atoms with Gasteiger partial charge in [-0.05, 0) is 43.7 Å². The van der Waals surface area contributed by atoms with Gasteiger partial charge in [-0.15, -0.1) is 0 Å². The van der Waals surface area contributed by atoms with Crippen LogP contribution in [-0.2, 0) is 9.53 Å². The fourth-order valence-corrected chi connectivity index (χ4v) is 3.16. The minimum atomic E-state index is -0.694. The number of nitrogens with zero attached hydrogens (tertiary/aromatic N) is 2. The number of ether oxygens (including phenoxy) is 1. The third kappa shape index (κ3) is 3.40. The molecule has 136 valence electrons. The zero-order valence-corrected chi connectivity index (χ0v) is 15.3. The number of hydrogen-bond donors (Lipinski definition) is 1. The van der Waals surface area contributed by atoms with E-state index in [2.05, 4.69) is 11.4 Å². The number of nitrogens with one attached hydrogen (secondary N) is 1. The highest BCUT2D eigenvalue weighted by Crippen LogP contribution is 2.34. The van der Waals surface area contributed by atoms with Crippen molar-refractivity contribution in [3.63, 3.8) is 0 Å². The number of hydrogen-bond acceptors (Lipinski definition) is 4. The summed E-state index contributed by atoms with van der Waals surface area (Å²) in [5.41, 5.74) is 3.63. The monoisotopic (exact) mass is 361 g/mol. The van der Waals surface area contributed by atoms with Gasteiger partial charge in [-0.3, -0.25) is 4.90 Å². The van der Waals surface area contributed by atoms with Gasteiger partial charge in [-0.1, -0.05) is 29.8 Å². The van der Waals surface area contributed by atoms with E-state index in [0.29, 0.717) is 28.1 Å². The summed E-state index contributed by atoms with van der Waals surface area (Å²) in [7, 11) is 1.30. The molecule has 2 aromatic carbocycles. The van der Waals surface area contributed by atoms with Crippen molar-refractivity contribution in [3.8, 4) is 6.07 Å². The van der Waals surface area contributed by atoms with Crippen LogP contribution in [-0.4, -0.2) is 19.1 Å². The average Bonchev–Trinajstić information content (AvgIpc) is 2.68. The summed E-state index contributed by atoms with van der Waals surface area (Å²) < 4.78 is 4.97. The third-order valence-electron chi connectivity index (χ3n) is 4.53. The second-order valence-electron chi connectivity index (χ2n) is 6.28. The van der Waals surface area contributed by atoms with Crippen molar-refractivity contribution >= 4 is 17.7 Å². The quantitative estimate of drug-likeness (QED) is 0.847. The molecule has 0 fully saturated rings. The summed E-state index contributed by atoms with van der Waals surface area (Å²) in [5.74, 6) is -0.531. The molecule has 2 aromatic rings. The fourth-order valence-electron chi connectivity index (χ4n) is 3.16. The lowest BCUT2D eigenvalue weighted by molar-refractivity contribution is -0.136. The number of nitriles is 1. The molecule has 0 radical (unpaired) electrons. The first-order valence-electron chi connectivity index (χ1n) is 8.42. The first-order valence-corrected chi connectivity index (χ1v) is 8.42. The molecule has 27 heavy (non-hydrogen) atoms. The van der Waals surface area contributed by atoms with Crippen LogP contribution in [0.4, 0.5) is 10.5 Å². The van der Waals surface area contributed by atoms with Crippen molar-refractivity contribution in [2.75, 3.05) is 12.0 Å². The van der Waals surface area contributed by atoms with Crippen molar-refractivity contribution in [3.05, 3.63) is 76.5 Å². The largest absolute Gasteiger partial charge is 0.466 e. The van der Waals surface area contributed by atoms with Crippen LogP contribution in [0.5, 0.6) is 0 Å². The van der Waals surface area contributed by atoms with Gasteiger partial charge < -0.3 is 10.1 Å². The van der Waals surface area contributed by atoms with E-state index in [1.165, 1.54) is 12.0 Å². The first-order chi connectivity index (χ1) is 13.0. The lowest BCUT2D eigenvalue weighted by atomic mass is 9.93. The summed E-state index contributed by atoms with van der Waals surface area (Å²) in [6.45, 7) is 3.67. The zero-order chi connectivity index (χ0) is 19.6. The van der Waals surface area contributed by atoms with E-state index in [9.17, 15) is 9.59 Å². The molecule has 0 saturated carbocycles. The number of urea groups is 1. The van der Waals surface area contributed by atoms with Gasteiger partial charge in [-0.25, -0.2) is 9.59 Å². The van der Waals surface area contributed by atoms with E-state index in [4.69, 9.17) is 10.00 Å². The van der Waals surface area contributed by atoms with E-state index >= 15 is 0 Å². The fraction of sp³-hybridized carbons (Fsp3) is 0.190. The second kappa shape index (κ2) is 7.34. The molecule has 2 amide bonds. The Hall–Kier alpha value is -3.59. The van der Waals surface area contributed by atoms with Crippen LogP contribution in [0.15, 0.2) is 59.8 Å². The molecular weight excluding hydrogens is 342 g/mol. The molecule has 1 N–H and O–H groups in total. The maximum Gasteiger partial charge on any atom is 0.337 e. The van der Waals surface area contributed by atoms with Gasteiger partial charge in [0.15, 0.2) is 0 Å². The predicted molar refractivity (Wildman–Crippen MR) is 101 cm³/mol. The van der Waals surface area contributed by atoms with Crippen molar-refractivity contribution in [1.82, 2.24) is 5.32 Å². The highest BCUT2D eigenvalue weighted by atomic mass is 16.5. The molecule has 1 unspecified atom stereocenters. The number of methoxy groups -OCH3 is 1. The Morgan fingerprint density at radius 2 is 1.89 bits per heavy atom. The molecule has 0 bridgehead atoms. The molecule has 1 heterocycles. The van der Waals surface area contributed by atoms with E-state index < -0.39 is 12.0 Å². The van der Waals surface area contributed by atoms with Crippen LogP contribution in [0.1, 0.15) is 29.7 Å². The SMILES string of the molecule is COC(=O)C1=C(C)N(c2ccc(C)cc2)C(=O)NC1c1cccc(C#N)c1. The molecule has 0 spiro atoms. The predicted octanol–water partition coefficient (Wildman–Crippen LogP) is 3.58. The molecule has 0 saturated heterocycles. The number of carbonyl (C=O) groups is 2. The number of carbonyl (C=O) groups excluding carboxylic acids is 2. The van der Waals surface area contributed by atoms with Gasteiger partial charge >= 0.3 is 12.0 Å². The second-order valence-corrected chi connectivity index (χ2v) is 6.28. The van der Waals surface area contributed by atoms with E-state index in [-0.39, 0.29) is 6.03 Å². The van der Waals surface area contributed by atoms with Crippen molar-refractivity contribution in [2.24, 2.45) is 0 Å². The third-order valence-corrected chi connectivity index (χ3v) is 4.53. The Labute approximate surface area is 157 Å². The smallest absolute Gasteiger partial charge is 0.337 e. The lowest BCUT2D eigenvalue weighted by Crippen LogP contribution is -2.48. The lowest BCUT2D eigenvalue weighted by Gasteiger charge is -2.35. The number of amides is 2. The molecule has 1 aliphatic rings. The van der Waals surface area contributed by atoms with Gasteiger partial charge in [0.05, 0.1) is 36.0 Å². The van der Waals surface area contributed by atoms with E-state index in [0.717, 1.165) is 5.56 Å². The van der Waals surface area contributed by atoms with Crippen LogP contribution in [0.3, 0.4) is 0 Å². The summed E-state index contributed by atoms with van der Waals surface area (Å²) in [5, 5.41) is 12.0. The minimum Gasteiger partial charge on any atom is -0.466 e. The van der Waals surface area contributed by atoms with Gasteiger partial charge in [0.25, 0.3) is 0 Å². The Balaban J connectivity index is 2.14. The van der Waals surface area contributed by atoms with Crippen molar-refractivity contribution in [2.45, 2.75) is 19.9 Å². The Morgan fingerprint density at radius 1 is 1.19 bits per heavy atom. The summed E-state index contributed by atoms with van der Waals surface area (Å²) in [4.78, 5) is 26.8. The summed E-state index contributed by atoms with van der Waals surface area (Å²) in [6, 6.07) is 15.3. The Bertz CT molecular complexity index is 971. The molecular formula is C21H19N3O3. The van der Waals surface area contributed by atoms with Gasteiger partial charge in [0.1, 0.15) is 0 Å². The highest BCUT2D eigenvalue weighted by Gasteiger charge is 2.37. The van der Waals surface area contributed by atoms with Crippen LogP contribution >= 0.6 is 0 Å². The number of anilines is 1. The standard InChI is InChI=1S/C21H19N3O3/c1-13-7-9-17(10-8-13)24-14(2)18(20(25)27-3)19(23-21(24)26)16-6-4-5-15(11-16)12-22/h4-11,19H,1-3H3,(H,23,26). The van der Waals surface area contributed by atoms with Crippen molar-refractivity contribution in [1.29, 1.82) is 5.26 Å². The maximum atomic E-state index is 12.8. The summed E-state index contributed by atoms with van der Waals surface area (Å²) in [6.07, 6.45) is 0. The molecule has 6 heteroatoms. The first kappa shape index (κ1) is 18.2. The normalized spacial score (nSPS) is 16.6. The molecule has 0 aliphatic carbocycles. The molecule has 3 rings (SSSR count). The number of allylic oxidation sites excluding steroid dienone is 1. The van der Waals surface area contributed by atoms with Crippen LogP contribution < -0.4 is 10.2 Å². The molecule has 0 aromatic heterocycles. The number of benzene rings is 2. The van der Waals surface area contributed by atoms with Crippen molar-refractivity contribution < 1.29 is 14.3 Å². The van der Waals surface area contributed by atoms with Gasteiger partial charge in [-0.2, -0.15) is 5.26 Å². The molecule has 1 aliphatic heterocycles. The maximum absolute atomic E-state index is 12.8. The minimum absolute atomic E-state index is 0.327. The van der Waals surface area contributed by atoms with Crippen LogP contribution in [0.25, 0.3) is 0 Å². The highest BCUT2D eigenvalue weighted by molar-refractivity contribution is 6.03.